The van der Waals surface area contributed by atoms with E-state index in [9.17, 15) is 14.7 Å². The van der Waals surface area contributed by atoms with Crippen LogP contribution in [0.25, 0.3) is 10.9 Å². The molecule has 0 unspecified atom stereocenters. The summed E-state index contributed by atoms with van der Waals surface area (Å²) >= 11 is 0. The van der Waals surface area contributed by atoms with Gasteiger partial charge in [0.25, 0.3) is 0 Å². The van der Waals surface area contributed by atoms with Crippen molar-refractivity contribution in [3.05, 3.63) is 39.7 Å². The molecule has 0 radical (unpaired) electrons. The summed E-state index contributed by atoms with van der Waals surface area (Å²) in [7, 11) is 7.95. The molecule has 0 fully saturated rings. The lowest BCUT2D eigenvalue weighted by Gasteiger charge is -2.18. The molecule has 2 aromatic rings. The zero-order valence-corrected chi connectivity index (χ0v) is 16.2. The minimum absolute atomic E-state index is 0.191. The molecule has 7 heteroatoms. The largest absolute Gasteiger partial charge is 0.477 e. The molecule has 0 aliphatic carbocycles. The van der Waals surface area contributed by atoms with Crippen molar-refractivity contribution in [1.82, 2.24) is 14.4 Å². The first-order chi connectivity index (χ1) is 12.2. The number of anilines is 1. The summed E-state index contributed by atoms with van der Waals surface area (Å²) in [5.41, 5.74) is 2.01. The molecule has 0 bridgehead atoms. The Morgan fingerprint density at radius 3 is 2.38 bits per heavy atom. The summed E-state index contributed by atoms with van der Waals surface area (Å²) in [5, 5.41) is 13.2. The second-order valence-corrected chi connectivity index (χ2v) is 7.09. The van der Waals surface area contributed by atoms with Crippen LogP contribution in [0, 0.1) is 6.92 Å². The summed E-state index contributed by atoms with van der Waals surface area (Å²) in [5.74, 6) is -1.19. The van der Waals surface area contributed by atoms with Crippen molar-refractivity contribution >= 4 is 22.6 Å². The number of rotatable bonds is 8. The molecule has 0 saturated carbocycles. The van der Waals surface area contributed by atoms with Crippen LogP contribution in [0.4, 0.5) is 5.69 Å². The van der Waals surface area contributed by atoms with E-state index in [0.717, 1.165) is 36.4 Å². The van der Waals surface area contributed by atoms with Crippen LogP contribution in [-0.4, -0.2) is 73.3 Å². The average Bonchev–Trinajstić information content (AvgIpc) is 2.54. The molecular weight excluding hydrogens is 332 g/mol. The van der Waals surface area contributed by atoms with E-state index < -0.39 is 11.4 Å². The number of fused-ring (bicyclic) bond motifs is 1. The minimum Gasteiger partial charge on any atom is -0.477 e. The van der Waals surface area contributed by atoms with Crippen molar-refractivity contribution in [1.29, 1.82) is 0 Å². The Morgan fingerprint density at radius 1 is 1.15 bits per heavy atom. The maximum atomic E-state index is 12.6. The first kappa shape index (κ1) is 19.9. The zero-order chi connectivity index (χ0) is 19.4. The van der Waals surface area contributed by atoms with E-state index >= 15 is 0 Å². The molecular formula is C19H28N4O3. The number of carbonyl (C=O) groups is 1. The number of aromatic nitrogens is 1. The number of pyridine rings is 1. The van der Waals surface area contributed by atoms with Gasteiger partial charge in [-0.25, -0.2) is 4.79 Å². The van der Waals surface area contributed by atoms with Gasteiger partial charge in [-0.3, -0.25) is 4.79 Å². The molecule has 0 atom stereocenters. The van der Waals surface area contributed by atoms with Gasteiger partial charge in [0, 0.05) is 43.4 Å². The summed E-state index contributed by atoms with van der Waals surface area (Å²) in [6.07, 6.45) is 1.45. The number of aryl methyl sites for hydroxylation is 1. The molecule has 0 aliphatic heterocycles. The summed E-state index contributed by atoms with van der Waals surface area (Å²) < 4.78 is 1.86. The molecule has 2 N–H and O–H groups in total. The molecule has 0 saturated heterocycles. The Labute approximate surface area is 153 Å². The van der Waals surface area contributed by atoms with Crippen LogP contribution in [0.3, 0.4) is 0 Å². The fraction of sp³-hybridized carbons (Fsp3) is 0.474. The highest BCUT2D eigenvalue weighted by Crippen LogP contribution is 2.22. The number of nitrogens with one attached hydrogen (secondary N) is 1. The Balaban J connectivity index is 2.55. The number of aromatic carboxylic acids is 1. The highest BCUT2D eigenvalue weighted by atomic mass is 16.4. The molecule has 7 nitrogen and oxygen atoms in total. The first-order valence-electron chi connectivity index (χ1n) is 8.65. The van der Waals surface area contributed by atoms with Crippen molar-refractivity contribution in [2.75, 3.05) is 53.1 Å². The molecule has 0 amide bonds. The van der Waals surface area contributed by atoms with Crippen molar-refractivity contribution in [2.24, 2.45) is 0 Å². The number of carboxylic acids is 1. The highest BCUT2D eigenvalue weighted by Gasteiger charge is 2.16. The summed E-state index contributed by atoms with van der Waals surface area (Å²) in [4.78, 5) is 28.2. The SMILES string of the molecule is Cc1cc2c(=O)c(C(=O)O)cn(CCN(C)C)c2cc1NCCN(C)C. The number of nitrogens with zero attached hydrogens (tertiary/aromatic N) is 3. The van der Waals surface area contributed by atoms with Crippen LogP contribution >= 0.6 is 0 Å². The van der Waals surface area contributed by atoms with Crippen molar-refractivity contribution in [3.63, 3.8) is 0 Å². The van der Waals surface area contributed by atoms with Gasteiger partial charge in [-0.15, -0.1) is 0 Å². The fourth-order valence-corrected chi connectivity index (χ4v) is 2.79. The van der Waals surface area contributed by atoms with E-state index in [-0.39, 0.29) is 5.56 Å². The molecule has 1 heterocycles. The molecule has 142 valence electrons. The van der Waals surface area contributed by atoms with Crippen LogP contribution in [0.2, 0.25) is 0 Å². The van der Waals surface area contributed by atoms with E-state index in [4.69, 9.17) is 0 Å². The summed E-state index contributed by atoms with van der Waals surface area (Å²) in [6, 6.07) is 3.73. The number of likely N-dealkylation sites (N-methyl/N-ethyl adjacent to an activating group) is 2. The molecule has 0 aliphatic rings. The topological polar surface area (TPSA) is 77.8 Å². The lowest BCUT2D eigenvalue weighted by atomic mass is 10.1. The van der Waals surface area contributed by atoms with E-state index in [1.807, 2.05) is 50.6 Å². The third-order valence-electron chi connectivity index (χ3n) is 4.32. The van der Waals surface area contributed by atoms with Crippen molar-refractivity contribution < 1.29 is 9.90 Å². The van der Waals surface area contributed by atoms with Crippen molar-refractivity contribution in [3.8, 4) is 0 Å². The normalized spacial score (nSPS) is 11.5. The second kappa shape index (κ2) is 8.33. The third-order valence-corrected chi connectivity index (χ3v) is 4.32. The van der Waals surface area contributed by atoms with Gasteiger partial charge in [-0.05, 0) is 52.8 Å². The predicted molar refractivity (Wildman–Crippen MR) is 106 cm³/mol. The van der Waals surface area contributed by atoms with E-state index in [2.05, 4.69) is 10.2 Å². The molecule has 0 spiro atoms. The van der Waals surface area contributed by atoms with E-state index in [0.29, 0.717) is 11.9 Å². The molecule has 26 heavy (non-hydrogen) atoms. The maximum Gasteiger partial charge on any atom is 0.341 e. The number of hydrogen-bond donors (Lipinski definition) is 2. The van der Waals surface area contributed by atoms with Gasteiger partial charge >= 0.3 is 5.97 Å². The fourth-order valence-electron chi connectivity index (χ4n) is 2.79. The van der Waals surface area contributed by atoms with Gasteiger partial charge < -0.3 is 24.8 Å². The highest BCUT2D eigenvalue weighted by molar-refractivity contribution is 5.93. The van der Waals surface area contributed by atoms with E-state index in [1.165, 1.54) is 6.20 Å². The van der Waals surface area contributed by atoms with Gasteiger partial charge in [0.05, 0.1) is 5.52 Å². The summed E-state index contributed by atoms with van der Waals surface area (Å²) in [6.45, 7) is 4.95. The van der Waals surface area contributed by atoms with Crippen LogP contribution in [0.5, 0.6) is 0 Å². The Hall–Kier alpha value is -2.38. The average molecular weight is 360 g/mol. The lowest BCUT2D eigenvalue weighted by Crippen LogP contribution is -2.24. The van der Waals surface area contributed by atoms with Gasteiger partial charge in [0.15, 0.2) is 0 Å². The van der Waals surface area contributed by atoms with E-state index in [1.54, 1.807) is 6.07 Å². The van der Waals surface area contributed by atoms with Crippen LogP contribution in [0.15, 0.2) is 23.1 Å². The van der Waals surface area contributed by atoms with Crippen molar-refractivity contribution in [2.45, 2.75) is 13.5 Å². The standard InChI is InChI=1S/C19H28N4O3/c1-13-10-14-17(11-16(13)20-6-7-21(2)3)23(9-8-22(4)5)12-15(18(14)24)19(25)26/h10-12,20H,6-9H2,1-5H3,(H,25,26). The van der Waals surface area contributed by atoms with Gasteiger partial charge in [0.1, 0.15) is 5.56 Å². The minimum atomic E-state index is -1.19. The molecule has 1 aromatic carbocycles. The number of benzene rings is 1. The molecule has 2 rings (SSSR count). The predicted octanol–water partition coefficient (Wildman–Crippen LogP) is 1.54. The Bertz CT molecular complexity index is 856. The Morgan fingerprint density at radius 2 is 1.81 bits per heavy atom. The molecule has 1 aromatic heterocycles. The van der Waals surface area contributed by atoms with Gasteiger partial charge in [-0.1, -0.05) is 0 Å². The number of carboxylic acid groups (broad SMARTS) is 1. The quantitative estimate of drug-likeness (QED) is 0.744. The van der Waals surface area contributed by atoms with Gasteiger partial charge in [-0.2, -0.15) is 0 Å². The van der Waals surface area contributed by atoms with Crippen LogP contribution in [-0.2, 0) is 6.54 Å². The zero-order valence-electron chi connectivity index (χ0n) is 16.2. The lowest BCUT2D eigenvalue weighted by molar-refractivity contribution is 0.0695. The second-order valence-electron chi connectivity index (χ2n) is 7.09. The van der Waals surface area contributed by atoms with Crippen LogP contribution < -0.4 is 10.7 Å². The smallest absolute Gasteiger partial charge is 0.341 e. The van der Waals surface area contributed by atoms with Gasteiger partial charge in [0.2, 0.25) is 5.43 Å². The van der Waals surface area contributed by atoms with Crippen LogP contribution in [0.1, 0.15) is 15.9 Å². The first-order valence-corrected chi connectivity index (χ1v) is 8.65. The maximum absolute atomic E-state index is 12.6. The number of hydrogen-bond acceptors (Lipinski definition) is 5. The third kappa shape index (κ3) is 4.62. The Kier molecular flexibility index (Phi) is 6.39. The monoisotopic (exact) mass is 360 g/mol.